The third kappa shape index (κ3) is 2.25. The van der Waals surface area contributed by atoms with Crippen LogP contribution in [-0.2, 0) is 6.54 Å². The van der Waals surface area contributed by atoms with E-state index in [1.165, 1.54) is 25.7 Å². The van der Waals surface area contributed by atoms with E-state index < -0.39 is 0 Å². The fourth-order valence-electron chi connectivity index (χ4n) is 3.05. The lowest BCUT2D eigenvalue weighted by Gasteiger charge is -2.22. The van der Waals surface area contributed by atoms with Gasteiger partial charge in [0.25, 0.3) is 0 Å². The Balaban J connectivity index is 2.17. The van der Waals surface area contributed by atoms with Crippen LogP contribution in [-0.4, -0.2) is 32.8 Å². The summed E-state index contributed by atoms with van der Waals surface area (Å²) in [7, 11) is 0. The molecule has 2 aromatic heterocycles. The standard InChI is InChI=1S/C15H23N5/c1-4-20-14-13(11(2)18-20)16-12(3)17-15(14)19-9-7-5-6-8-10-19/h4-10H2,1-3H3. The van der Waals surface area contributed by atoms with Gasteiger partial charge in [0.05, 0.1) is 5.69 Å². The first-order chi connectivity index (χ1) is 9.70. The smallest absolute Gasteiger partial charge is 0.158 e. The molecule has 0 amide bonds. The van der Waals surface area contributed by atoms with Gasteiger partial charge in [0.1, 0.15) is 16.9 Å². The van der Waals surface area contributed by atoms with Crippen molar-refractivity contribution in [3.63, 3.8) is 0 Å². The fraction of sp³-hybridized carbons (Fsp3) is 0.667. The summed E-state index contributed by atoms with van der Waals surface area (Å²) in [6.07, 6.45) is 5.17. The predicted molar refractivity (Wildman–Crippen MR) is 81.2 cm³/mol. The van der Waals surface area contributed by atoms with E-state index in [9.17, 15) is 0 Å². The van der Waals surface area contributed by atoms with E-state index in [0.717, 1.165) is 48.0 Å². The first-order valence-electron chi connectivity index (χ1n) is 7.67. The molecule has 0 N–H and O–H groups in total. The number of aryl methyl sites for hydroxylation is 3. The number of fused-ring (bicyclic) bond motifs is 1. The maximum absolute atomic E-state index is 4.74. The van der Waals surface area contributed by atoms with Gasteiger partial charge in [-0.05, 0) is 33.6 Å². The normalized spacial score (nSPS) is 16.6. The van der Waals surface area contributed by atoms with Crippen LogP contribution >= 0.6 is 0 Å². The van der Waals surface area contributed by atoms with E-state index in [1.54, 1.807) is 0 Å². The van der Waals surface area contributed by atoms with Gasteiger partial charge >= 0.3 is 0 Å². The van der Waals surface area contributed by atoms with Crippen molar-refractivity contribution in [3.05, 3.63) is 11.5 Å². The van der Waals surface area contributed by atoms with E-state index in [-0.39, 0.29) is 0 Å². The quantitative estimate of drug-likeness (QED) is 0.844. The van der Waals surface area contributed by atoms with Gasteiger partial charge in [0.2, 0.25) is 0 Å². The lowest BCUT2D eigenvalue weighted by Crippen LogP contribution is -2.26. The van der Waals surface area contributed by atoms with Crippen molar-refractivity contribution in [1.29, 1.82) is 0 Å². The Kier molecular flexibility index (Phi) is 3.59. The lowest BCUT2D eigenvalue weighted by atomic mass is 10.2. The average molecular weight is 273 g/mol. The van der Waals surface area contributed by atoms with Gasteiger partial charge in [-0.3, -0.25) is 4.68 Å². The minimum Gasteiger partial charge on any atom is -0.355 e. The number of hydrogen-bond donors (Lipinski definition) is 0. The van der Waals surface area contributed by atoms with Crippen molar-refractivity contribution < 1.29 is 0 Å². The highest BCUT2D eigenvalue weighted by Crippen LogP contribution is 2.27. The maximum Gasteiger partial charge on any atom is 0.158 e. The SMILES string of the molecule is CCn1nc(C)c2nc(C)nc(N3CCCCCC3)c21. The maximum atomic E-state index is 4.74. The van der Waals surface area contributed by atoms with Gasteiger partial charge in [0.15, 0.2) is 5.82 Å². The summed E-state index contributed by atoms with van der Waals surface area (Å²) in [5.41, 5.74) is 3.12. The van der Waals surface area contributed by atoms with Crippen molar-refractivity contribution in [2.45, 2.75) is 53.0 Å². The van der Waals surface area contributed by atoms with Crippen LogP contribution in [0, 0.1) is 13.8 Å². The molecule has 5 heteroatoms. The van der Waals surface area contributed by atoms with Crippen LogP contribution in [0.3, 0.4) is 0 Å². The van der Waals surface area contributed by atoms with Gasteiger partial charge in [-0.15, -0.1) is 0 Å². The molecule has 0 radical (unpaired) electrons. The largest absolute Gasteiger partial charge is 0.355 e. The van der Waals surface area contributed by atoms with E-state index in [1.807, 2.05) is 18.5 Å². The Hall–Kier alpha value is -1.65. The van der Waals surface area contributed by atoms with E-state index in [2.05, 4.69) is 21.9 Å². The van der Waals surface area contributed by atoms with Crippen LogP contribution in [0.15, 0.2) is 0 Å². The molecule has 2 aromatic rings. The summed E-state index contributed by atoms with van der Waals surface area (Å²) in [5.74, 6) is 1.92. The molecule has 1 fully saturated rings. The molecule has 1 saturated heterocycles. The van der Waals surface area contributed by atoms with Gasteiger partial charge in [0, 0.05) is 19.6 Å². The van der Waals surface area contributed by atoms with E-state index >= 15 is 0 Å². The first-order valence-corrected chi connectivity index (χ1v) is 7.67. The second kappa shape index (κ2) is 5.38. The highest BCUT2D eigenvalue weighted by Gasteiger charge is 2.20. The Labute approximate surface area is 120 Å². The van der Waals surface area contributed by atoms with Crippen LogP contribution in [0.4, 0.5) is 5.82 Å². The number of aromatic nitrogens is 4. The molecule has 0 unspecified atom stereocenters. The molecule has 108 valence electrons. The summed E-state index contributed by atoms with van der Waals surface area (Å²) in [5, 5.41) is 4.62. The molecular formula is C15H23N5. The Morgan fingerprint density at radius 3 is 2.35 bits per heavy atom. The molecule has 0 saturated carbocycles. The lowest BCUT2D eigenvalue weighted by molar-refractivity contribution is 0.671. The third-order valence-corrected chi connectivity index (χ3v) is 4.05. The summed E-state index contributed by atoms with van der Waals surface area (Å²) in [6.45, 7) is 9.19. The zero-order valence-electron chi connectivity index (χ0n) is 12.7. The van der Waals surface area contributed by atoms with Crippen molar-refractivity contribution in [1.82, 2.24) is 19.7 Å². The Bertz CT molecular complexity index is 608. The summed E-state index contributed by atoms with van der Waals surface area (Å²) >= 11 is 0. The predicted octanol–water partition coefficient (Wildman–Crippen LogP) is 2.84. The minimum absolute atomic E-state index is 0.843. The number of rotatable bonds is 2. The number of nitrogens with zero attached hydrogens (tertiary/aromatic N) is 5. The van der Waals surface area contributed by atoms with Crippen LogP contribution < -0.4 is 4.90 Å². The first kappa shape index (κ1) is 13.3. The number of hydrogen-bond acceptors (Lipinski definition) is 4. The molecule has 1 aliphatic heterocycles. The minimum atomic E-state index is 0.843. The average Bonchev–Trinajstić information content (AvgIpc) is 2.65. The van der Waals surface area contributed by atoms with Gasteiger partial charge < -0.3 is 4.90 Å². The molecule has 20 heavy (non-hydrogen) atoms. The summed E-state index contributed by atoms with van der Waals surface area (Å²) in [4.78, 5) is 11.8. The third-order valence-electron chi connectivity index (χ3n) is 4.05. The van der Waals surface area contributed by atoms with E-state index in [0.29, 0.717) is 0 Å². The van der Waals surface area contributed by atoms with Gasteiger partial charge in [-0.1, -0.05) is 12.8 Å². The Morgan fingerprint density at radius 2 is 1.70 bits per heavy atom. The van der Waals surface area contributed by atoms with Crippen molar-refractivity contribution in [2.24, 2.45) is 0 Å². The molecule has 5 nitrogen and oxygen atoms in total. The molecular weight excluding hydrogens is 250 g/mol. The Morgan fingerprint density at radius 1 is 1.00 bits per heavy atom. The molecule has 3 heterocycles. The second-order valence-corrected chi connectivity index (χ2v) is 5.59. The zero-order valence-corrected chi connectivity index (χ0v) is 12.7. The van der Waals surface area contributed by atoms with Crippen LogP contribution in [0.25, 0.3) is 11.0 Å². The molecule has 0 bridgehead atoms. The zero-order chi connectivity index (χ0) is 14.1. The van der Waals surface area contributed by atoms with Gasteiger partial charge in [-0.25, -0.2) is 9.97 Å². The fourth-order valence-corrected chi connectivity index (χ4v) is 3.05. The summed E-state index contributed by atoms with van der Waals surface area (Å²) < 4.78 is 2.05. The molecule has 1 aliphatic rings. The number of anilines is 1. The van der Waals surface area contributed by atoms with Crippen LogP contribution in [0.1, 0.15) is 44.1 Å². The van der Waals surface area contributed by atoms with E-state index in [4.69, 9.17) is 4.98 Å². The molecule has 0 spiro atoms. The van der Waals surface area contributed by atoms with Gasteiger partial charge in [-0.2, -0.15) is 5.10 Å². The summed E-state index contributed by atoms with van der Waals surface area (Å²) in [6, 6.07) is 0. The molecule has 0 aromatic carbocycles. The molecule has 0 atom stereocenters. The van der Waals surface area contributed by atoms with Crippen molar-refractivity contribution in [2.75, 3.05) is 18.0 Å². The van der Waals surface area contributed by atoms with Crippen molar-refractivity contribution in [3.8, 4) is 0 Å². The monoisotopic (exact) mass is 273 g/mol. The molecule has 0 aliphatic carbocycles. The highest BCUT2D eigenvalue weighted by molar-refractivity contribution is 5.88. The topological polar surface area (TPSA) is 46.8 Å². The van der Waals surface area contributed by atoms with Crippen LogP contribution in [0.2, 0.25) is 0 Å². The molecule has 3 rings (SSSR count). The van der Waals surface area contributed by atoms with Crippen molar-refractivity contribution >= 4 is 16.9 Å². The van der Waals surface area contributed by atoms with Crippen LogP contribution in [0.5, 0.6) is 0 Å². The second-order valence-electron chi connectivity index (χ2n) is 5.59. The highest BCUT2D eigenvalue weighted by atomic mass is 15.3.